The minimum Gasteiger partial charge on any atom is -0.457 e. The number of rotatable bonds is 7. The fourth-order valence-electron chi connectivity index (χ4n) is 2.43. The molecule has 0 fully saturated rings. The van der Waals surface area contributed by atoms with Crippen LogP contribution in [-0.2, 0) is 11.3 Å². The Morgan fingerprint density at radius 1 is 0.966 bits per heavy atom. The number of nitriles is 1. The Labute approximate surface area is 174 Å². The summed E-state index contributed by atoms with van der Waals surface area (Å²) in [6.07, 6.45) is 1.38. The molecule has 0 heterocycles. The molecular weight excluding hydrogens is 386 g/mol. The largest absolute Gasteiger partial charge is 0.457 e. The van der Waals surface area contributed by atoms with E-state index in [2.05, 4.69) is 10.6 Å². The van der Waals surface area contributed by atoms with Gasteiger partial charge in [0.05, 0.1) is 0 Å². The molecule has 29 heavy (non-hydrogen) atoms. The number of carbonyl (C=O) groups is 1. The van der Waals surface area contributed by atoms with E-state index in [1.54, 1.807) is 36.4 Å². The SMILES string of the molecule is N#C/C(=C/Nc1ccc(Oc2ccccc2)cc1)C(=O)NCc1ccc(Cl)cc1. The van der Waals surface area contributed by atoms with Gasteiger partial charge in [0.15, 0.2) is 0 Å². The van der Waals surface area contributed by atoms with Crippen molar-refractivity contribution in [2.45, 2.75) is 6.54 Å². The first-order chi connectivity index (χ1) is 14.1. The van der Waals surface area contributed by atoms with Gasteiger partial charge in [-0.1, -0.05) is 41.9 Å². The molecule has 1 amide bonds. The van der Waals surface area contributed by atoms with Gasteiger partial charge in [-0.05, 0) is 54.1 Å². The summed E-state index contributed by atoms with van der Waals surface area (Å²) in [5.74, 6) is 0.975. The van der Waals surface area contributed by atoms with Crippen LogP contribution >= 0.6 is 11.6 Å². The van der Waals surface area contributed by atoms with Gasteiger partial charge in [0.25, 0.3) is 5.91 Å². The maximum atomic E-state index is 12.2. The maximum absolute atomic E-state index is 12.2. The minimum absolute atomic E-state index is 0.0245. The highest BCUT2D eigenvalue weighted by molar-refractivity contribution is 6.30. The van der Waals surface area contributed by atoms with Crippen LogP contribution in [-0.4, -0.2) is 5.91 Å². The fourth-order valence-corrected chi connectivity index (χ4v) is 2.55. The lowest BCUT2D eigenvalue weighted by Crippen LogP contribution is -2.24. The molecule has 0 aliphatic carbocycles. The van der Waals surface area contributed by atoms with Crippen LogP contribution in [0, 0.1) is 11.3 Å². The van der Waals surface area contributed by atoms with Crippen molar-refractivity contribution in [2.24, 2.45) is 0 Å². The molecule has 0 saturated carbocycles. The van der Waals surface area contributed by atoms with Crippen LogP contribution in [0.3, 0.4) is 0 Å². The highest BCUT2D eigenvalue weighted by Crippen LogP contribution is 2.22. The van der Waals surface area contributed by atoms with E-state index in [1.165, 1.54) is 6.20 Å². The van der Waals surface area contributed by atoms with E-state index >= 15 is 0 Å². The predicted octanol–water partition coefficient (Wildman–Crippen LogP) is 5.27. The van der Waals surface area contributed by atoms with Gasteiger partial charge in [-0.2, -0.15) is 5.26 Å². The van der Waals surface area contributed by atoms with Gasteiger partial charge in [0.2, 0.25) is 0 Å². The smallest absolute Gasteiger partial charge is 0.263 e. The summed E-state index contributed by atoms with van der Waals surface area (Å²) < 4.78 is 5.73. The Hall–Kier alpha value is -3.75. The van der Waals surface area contributed by atoms with Crippen LogP contribution in [0.25, 0.3) is 0 Å². The second-order valence-electron chi connectivity index (χ2n) is 6.06. The number of halogens is 1. The first kappa shape index (κ1) is 20.0. The molecule has 0 unspecified atom stereocenters. The van der Waals surface area contributed by atoms with E-state index in [9.17, 15) is 10.1 Å². The summed E-state index contributed by atoms with van der Waals surface area (Å²) in [6.45, 7) is 0.306. The van der Waals surface area contributed by atoms with E-state index in [-0.39, 0.29) is 5.57 Å². The number of nitrogens with zero attached hydrogens (tertiary/aromatic N) is 1. The van der Waals surface area contributed by atoms with Gasteiger partial charge in [-0.25, -0.2) is 0 Å². The van der Waals surface area contributed by atoms with E-state index in [0.717, 1.165) is 17.0 Å². The third-order valence-corrected chi connectivity index (χ3v) is 4.20. The molecule has 0 aliphatic rings. The van der Waals surface area contributed by atoms with Gasteiger partial charge in [-0.3, -0.25) is 4.79 Å². The highest BCUT2D eigenvalue weighted by atomic mass is 35.5. The van der Waals surface area contributed by atoms with Crippen molar-refractivity contribution in [2.75, 3.05) is 5.32 Å². The minimum atomic E-state index is -0.459. The number of carbonyl (C=O) groups excluding carboxylic acids is 1. The van der Waals surface area contributed by atoms with E-state index < -0.39 is 5.91 Å². The second kappa shape index (κ2) is 9.98. The quantitative estimate of drug-likeness (QED) is 0.416. The lowest BCUT2D eigenvalue weighted by atomic mass is 10.2. The number of ether oxygens (including phenoxy) is 1. The summed E-state index contributed by atoms with van der Waals surface area (Å²) in [6, 6.07) is 25.7. The molecule has 0 saturated heterocycles. The third kappa shape index (κ3) is 6.13. The lowest BCUT2D eigenvalue weighted by Gasteiger charge is -2.07. The van der Waals surface area contributed by atoms with Gasteiger partial charge in [0, 0.05) is 23.5 Å². The van der Waals surface area contributed by atoms with Crippen molar-refractivity contribution in [3.63, 3.8) is 0 Å². The van der Waals surface area contributed by atoms with Crippen molar-refractivity contribution in [3.05, 3.63) is 101 Å². The molecule has 0 bridgehead atoms. The maximum Gasteiger partial charge on any atom is 0.263 e. The van der Waals surface area contributed by atoms with Crippen molar-refractivity contribution >= 4 is 23.2 Å². The first-order valence-electron chi connectivity index (χ1n) is 8.86. The summed E-state index contributed by atoms with van der Waals surface area (Å²) in [4.78, 5) is 12.2. The number of amides is 1. The van der Waals surface area contributed by atoms with Crippen LogP contribution in [0.15, 0.2) is 90.6 Å². The average molecular weight is 404 g/mol. The van der Waals surface area contributed by atoms with Crippen molar-refractivity contribution < 1.29 is 9.53 Å². The normalized spacial score (nSPS) is 10.7. The zero-order valence-corrected chi connectivity index (χ0v) is 16.2. The molecule has 0 radical (unpaired) electrons. The number of benzene rings is 3. The molecule has 6 heteroatoms. The van der Waals surface area contributed by atoms with E-state index in [4.69, 9.17) is 16.3 Å². The molecule has 2 N–H and O–H groups in total. The molecule has 0 spiro atoms. The number of hydrogen-bond acceptors (Lipinski definition) is 4. The van der Waals surface area contributed by atoms with Gasteiger partial charge < -0.3 is 15.4 Å². The van der Waals surface area contributed by atoms with Crippen LogP contribution in [0.4, 0.5) is 5.69 Å². The van der Waals surface area contributed by atoms with Crippen molar-refractivity contribution in [3.8, 4) is 17.6 Å². The van der Waals surface area contributed by atoms with Crippen LogP contribution in [0.2, 0.25) is 5.02 Å². The van der Waals surface area contributed by atoms with Gasteiger partial charge >= 0.3 is 0 Å². The Balaban J connectivity index is 1.56. The van der Waals surface area contributed by atoms with Gasteiger partial charge in [0.1, 0.15) is 23.1 Å². The zero-order valence-electron chi connectivity index (χ0n) is 15.4. The summed E-state index contributed by atoms with van der Waals surface area (Å²) in [5.41, 5.74) is 1.59. The molecular formula is C23H18ClN3O2. The lowest BCUT2D eigenvalue weighted by molar-refractivity contribution is -0.117. The second-order valence-corrected chi connectivity index (χ2v) is 6.50. The zero-order chi connectivity index (χ0) is 20.5. The molecule has 144 valence electrons. The standard InChI is InChI=1S/C23H18ClN3O2/c24-19-8-6-17(7-9-19)15-27-23(28)18(14-25)16-26-20-10-12-22(13-11-20)29-21-4-2-1-3-5-21/h1-13,16,26H,15H2,(H,27,28)/b18-16-. The molecule has 0 aliphatic heterocycles. The topological polar surface area (TPSA) is 74.1 Å². The average Bonchev–Trinajstić information content (AvgIpc) is 2.75. The molecule has 3 aromatic rings. The Morgan fingerprint density at radius 3 is 2.28 bits per heavy atom. The number of nitrogens with one attached hydrogen (secondary N) is 2. The monoisotopic (exact) mass is 403 g/mol. The number of para-hydroxylation sites is 1. The molecule has 5 nitrogen and oxygen atoms in total. The summed E-state index contributed by atoms with van der Waals surface area (Å²) in [5, 5.41) is 15.6. The van der Waals surface area contributed by atoms with E-state index in [0.29, 0.717) is 17.3 Å². The third-order valence-electron chi connectivity index (χ3n) is 3.95. The molecule has 3 aromatic carbocycles. The van der Waals surface area contributed by atoms with Crippen molar-refractivity contribution in [1.29, 1.82) is 5.26 Å². The van der Waals surface area contributed by atoms with Crippen LogP contribution in [0.1, 0.15) is 5.56 Å². The highest BCUT2D eigenvalue weighted by Gasteiger charge is 2.08. The first-order valence-corrected chi connectivity index (χ1v) is 9.24. The Bertz CT molecular complexity index is 1020. The number of anilines is 1. The fraction of sp³-hybridized carbons (Fsp3) is 0.0435. The molecule has 3 rings (SSSR count). The Morgan fingerprint density at radius 2 is 1.62 bits per heavy atom. The molecule has 0 atom stereocenters. The molecule has 0 aromatic heterocycles. The Kier molecular flexibility index (Phi) is 6.88. The van der Waals surface area contributed by atoms with Crippen molar-refractivity contribution in [1.82, 2.24) is 5.32 Å². The van der Waals surface area contributed by atoms with E-state index in [1.807, 2.05) is 48.5 Å². The van der Waals surface area contributed by atoms with Gasteiger partial charge in [-0.15, -0.1) is 0 Å². The van der Waals surface area contributed by atoms with Crippen LogP contribution in [0.5, 0.6) is 11.5 Å². The predicted molar refractivity (Wildman–Crippen MR) is 114 cm³/mol. The number of hydrogen-bond donors (Lipinski definition) is 2. The summed E-state index contributed by atoms with van der Waals surface area (Å²) >= 11 is 5.84. The van der Waals surface area contributed by atoms with Crippen LogP contribution < -0.4 is 15.4 Å². The summed E-state index contributed by atoms with van der Waals surface area (Å²) in [7, 11) is 0.